The summed E-state index contributed by atoms with van der Waals surface area (Å²) in [4.78, 5) is 40.5. The quantitative estimate of drug-likeness (QED) is 0.761. The first-order chi connectivity index (χ1) is 14.5. The van der Waals surface area contributed by atoms with Crippen molar-refractivity contribution in [3.8, 4) is 5.75 Å². The number of nitrogens with zero attached hydrogens (tertiary/aromatic N) is 2. The largest absolute Gasteiger partial charge is 0.497 e. The van der Waals surface area contributed by atoms with Crippen LogP contribution >= 0.6 is 11.6 Å². The molecule has 0 atom stereocenters. The Morgan fingerprint density at radius 1 is 0.967 bits per heavy atom. The molecule has 158 valence electrons. The van der Waals surface area contributed by atoms with Gasteiger partial charge < -0.3 is 19.9 Å². The predicted octanol–water partition coefficient (Wildman–Crippen LogP) is 1.99. The zero-order valence-electron chi connectivity index (χ0n) is 16.8. The molecule has 0 aliphatic carbocycles. The molecule has 0 unspecified atom stereocenters. The Morgan fingerprint density at radius 3 is 2.30 bits per heavy atom. The van der Waals surface area contributed by atoms with Gasteiger partial charge in [-0.1, -0.05) is 29.8 Å². The molecule has 0 bridgehead atoms. The van der Waals surface area contributed by atoms with Gasteiger partial charge in [-0.05, 0) is 35.9 Å². The molecule has 0 radical (unpaired) electrons. The zero-order chi connectivity index (χ0) is 21.5. The van der Waals surface area contributed by atoms with Gasteiger partial charge in [0.1, 0.15) is 5.75 Å². The maximum Gasteiger partial charge on any atom is 0.251 e. The third kappa shape index (κ3) is 5.73. The Balaban J connectivity index is 1.44. The van der Waals surface area contributed by atoms with Gasteiger partial charge in [-0.25, -0.2) is 0 Å². The maximum atomic E-state index is 12.6. The first kappa shape index (κ1) is 21.6. The fourth-order valence-corrected chi connectivity index (χ4v) is 3.46. The summed E-state index contributed by atoms with van der Waals surface area (Å²) in [7, 11) is 1.59. The molecule has 8 heteroatoms. The van der Waals surface area contributed by atoms with Crippen molar-refractivity contribution in [1.29, 1.82) is 0 Å². The van der Waals surface area contributed by atoms with E-state index in [0.29, 0.717) is 43.2 Å². The highest BCUT2D eigenvalue weighted by Crippen LogP contribution is 2.14. The maximum absolute atomic E-state index is 12.6. The third-order valence-electron chi connectivity index (χ3n) is 4.96. The van der Waals surface area contributed by atoms with Crippen LogP contribution in [0.1, 0.15) is 15.9 Å². The van der Waals surface area contributed by atoms with Crippen LogP contribution in [-0.4, -0.2) is 67.4 Å². The van der Waals surface area contributed by atoms with Gasteiger partial charge in [0.05, 0.1) is 20.1 Å². The summed E-state index contributed by atoms with van der Waals surface area (Å²) in [5.74, 6) is 0.211. The van der Waals surface area contributed by atoms with E-state index in [2.05, 4.69) is 5.32 Å². The van der Waals surface area contributed by atoms with Crippen LogP contribution in [0.3, 0.4) is 0 Å². The molecular formula is C22H24ClN3O4. The van der Waals surface area contributed by atoms with E-state index in [-0.39, 0.29) is 24.3 Å². The smallest absolute Gasteiger partial charge is 0.251 e. The number of benzene rings is 2. The summed E-state index contributed by atoms with van der Waals surface area (Å²) in [6.45, 7) is 1.72. The average molecular weight is 430 g/mol. The average Bonchev–Trinajstić information content (AvgIpc) is 2.77. The number of carbonyl (C=O) groups excluding carboxylic acids is 3. The Labute approximate surface area is 180 Å². The number of carbonyl (C=O) groups is 3. The van der Waals surface area contributed by atoms with Crippen molar-refractivity contribution in [3.05, 3.63) is 64.7 Å². The Bertz CT molecular complexity index is 926. The summed E-state index contributed by atoms with van der Waals surface area (Å²) in [6, 6.07) is 14.0. The zero-order valence-corrected chi connectivity index (χ0v) is 17.5. The SMILES string of the molecule is COc1cccc(CC(=O)N2CCN(C(=O)CNC(=O)c3cccc(Cl)c3)CC2)c1. The second kappa shape index (κ2) is 10.1. The van der Waals surface area contributed by atoms with Crippen LogP contribution in [0.5, 0.6) is 5.75 Å². The van der Waals surface area contributed by atoms with Gasteiger partial charge in [0.25, 0.3) is 5.91 Å². The molecule has 30 heavy (non-hydrogen) atoms. The van der Waals surface area contributed by atoms with Crippen molar-refractivity contribution in [2.75, 3.05) is 39.8 Å². The van der Waals surface area contributed by atoms with Crippen molar-refractivity contribution >= 4 is 29.3 Å². The number of hydrogen-bond acceptors (Lipinski definition) is 4. The van der Waals surface area contributed by atoms with E-state index in [0.717, 1.165) is 11.3 Å². The van der Waals surface area contributed by atoms with Crippen molar-refractivity contribution in [3.63, 3.8) is 0 Å². The van der Waals surface area contributed by atoms with E-state index >= 15 is 0 Å². The molecular weight excluding hydrogens is 406 g/mol. The van der Waals surface area contributed by atoms with Gasteiger partial charge in [0.2, 0.25) is 11.8 Å². The topological polar surface area (TPSA) is 79.0 Å². The molecule has 7 nitrogen and oxygen atoms in total. The summed E-state index contributed by atoms with van der Waals surface area (Å²) >= 11 is 5.89. The first-order valence-corrected chi connectivity index (χ1v) is 10.1. The minimum Gasteiger partial charge on any atom is -0.497 e. The summed E-state index contributed by atoms with van der Waals surface area (Å²) in [5.41, 5.74) is 1.30. The molecule has 1 saturated heterocycles. The van der Waals surface area contributed by atoms with Crippen molar-refractivity contribution in [2.45, 2.75) is 6.42 Å². The minimum absolute atomic E-state index is 0.0182. The van der Waals surface area contributed by atoms with Crippen LogP contribution in [0.25, 0.3) is 0 Å². The van der Waals surface area contributed by atoms with Crippen LogP contribution in [0.4, 0.5) is 0 Å². The molecule has 2 aromatic carbocycles. The van der Waals surface area contributed by atoms with E-state index in [1.807, 2.05) is 24.3 Å². The third-order valence-corrected chi connectivity index (χ3v) is 5.20. The van der Waals surface area contributed by atoms with Crippen molar-refractivity contribution < 1.29 is 19.1 Å². The number of hydrogen-bond donors (Lipinski definition) is 1. The molecule has 1 fully saturated rings. The van der Waals surface area contributed by atoms with Crippen LogP contribution in [0.15, 0.2) is 48.5 Å². The number of rotatable bonds is 6. The molecule has 0 spiro atoms. The van der Waals surface area contributed by atoms with Crippen molar-refractivity contribution in [2.24, 2.45) is 0 Å². The fourth-order valence-electron chi connectivity index (χ4n) is 3.27. The Morgan fingerprint density at radius 2 is 1.63 bits per heavy atom. The van der Waals surface area contributed by atoms with E-state index in [4.69, 9.17) is 16.3 Å². The molecule has 1 aliphatic rings. The molecule has 1 N–H and O–H groups in total. The lowest BCUT2D eigenvalue weighted by Gasteiger charge is -2.35. The molecule has 1 aliphatic heterocycles. The lowest BCUT2D eigenvalue weighted by molar-refractivity contribution is -0.138. The Hall–Kier alpha value is -3.06. The molecule has 1 heterocycles. The predicted molar refractivity (Wildman–Crippen MR) is 114 cm³/mol. The van der Waals surface area contributed by atoms with Gasteiger partial charge in [-0.2, -0.15) is 0 Å². The summed E-state index contributed by atoms with van der Waals surface area (Å²) in [5, 5.41) is 3.08. The van der Waals surface area contributed by atoms with E-state index in [1.165, 1.54) is 0 Å². The lowest BCUT2D eigenvalue weighted by atomic mass is 10.1. The highest BCUT2D eigenvalue weighted by molar-refractivity contribution is 6.31. The highest BCUT2D eigenvalue weighted by atomic mass is 35.5. The molecule has 0 aromatic heterocycles. The van der Waals surface area contributed by atoms with Gasteiger partial charge in [0.15, 0.2) is 0 Å². The van der Waals surface area contributed by atoms with Crippen LogP contribution in [0, 0.1) is 0 Å². The number of halogens is 1. The van der Waals surface area contributed by atoms with E-state index in [9.17, 15) is 14.4 Å². The van der Waals surface area contributed by atoms with Gasteiger partial charge in [-0.3, -0.25) is 14.4 Å². The van der Waals surface area contributed by atoms with Crippen LogP contribution in [-0.2, 0) is 16.0 Å². The summed E-state index contributed by atoms with van der Waals surface area (Å²) < 4.78 is 5.19. The van der Waals surface area contributed by atoms with Crippen LogP contribution < -0.4 is 10.1 Å². The normalized spacial score (nSPS) is 13.7. The van der Waals surface area contributed by atoms with Gasteiger partial charge in [-0.15, -0.1) is 0 Å². The first-order valence-electron chi connectivity index (χ1n) is 9.68. The van der Waals surface area contributed by atoms with Gasteiger partial charge >= 0.3 is 0 Å². The second-order valence-electron chi connectivity index (χ2n) is 6.98. The van der Waals surface area contributed by atoms with Gasteiger partial charge in [0, 0.05) is 36.8 Å². The lowest BCUT2D eigenvalue weighted by Crippen LogP contribution is -2.52. The number of amides is 3. The second-order valence-corrected chi connectivity index (χ2v) is 7.42. The highest BCUT2D eigenvalue weighted by Gasteiger charge is 2.24. The number of piperazine rings is 1. The van der Waals surface area contributed by atoms with Crippen LogP contribution in [0.2, 0.25) is 5.02 Å². The molecule has 2 aromatic rings. The molecule has 3 rings (SSSR count). The van der Waals surface area contributed by atoms with E-state index in [1.54, 1.807) is 41.2 Å². The number of nitrogens with one attached hydrogen (secondary N) is 1. The Kier molecular flexibility index (Phi) is 7.30. The molecule has 0 saturated carbocycles. The minimum atomic E-state index is -0.349. The number of ether oxygens (including phenoxy) is 1. The number of methoxy groups -OCH3 is 1. The fraction of sp³-hybridized carbons (Fsp3) is 0.318. The van der Waals surface area contributed by atoms with E-state index < -0.39 is 0 Å². The standard InChI is InChI=1S/C22H24ClN3O4/c1-30-19-7-2-4-16(12-19)13-20(27)25-8-10-26(11-9-25)21(28)15-24-22(29)17-5-3-6-18(23)14-17/h2-7,12,14H,8-11,13,15H2,1H3,(H,24,29). The monoisotopic (exact) mass is 429 g/mol. The molecule has 3 amide bonds. The summed E-state index contributed by atoms with van der Waals surface area (Å²) in [6.07, 6.45) is 0.292. The van der Waals surface area contributed by atoms with Crippen molar-refractivity contribution in [1.82, 2.24) is 15.1 Å².